The number of aliphatic hydroxyl groups excluding tert-OH is 1. The predicted molar refractivity (Wildman–Crippen MR) is 237 cm³/mol. The second-order valence-electron chi connectivity index (χ2n) is 16.1. The Morgan fingerprint density at radius 3 is 2.05 bits per heavy atom. The van der Waals surface area contributed by atoms with Crippen molar-refractivity contribution in [3.63, 3.8) is 0 Å². The topological polar surface area (TPSA) is 129 Å². The highest BCUT2D eigenvalue weighted by Gasteiger charge is 2.34. The molecular weight excluding hydrogens is 751 g/mol. The van der Waals surface area contributed by atoms with Crippen molar-refractivity contribution >= 4 is 23.2 Å². The van der Waals surface area contributed by atoms with Crippen LogP contribution in [0.5, 0.6) is 0 Å². The first kappa shape index (κ1) is 42.8. The molecule has 2 amide bonds. The second kappa shape index (κ2) is 21.8. The van der Waals surface area contributed by atoms with E-state index < -0.39 is 6.29 Å². The van der Waals surface area contributed by atoms with Gasteiger partial charge >= 0.3 is 0 Å². The molecule has 0 spiro atoms. The average Bonchev–Trinajstić information content (AvgIpc) is 3.29. The number of aliphatic hydroxyl groups is 1. The number of nitrogens with two attached hydrogens (primary N) is 1. The molecule has 2 aliphatic rings. The summed E-state index contributed by atoms with van der Waals surface area (Å²) in [6.07, 6.45) is 4.32. The van der Waals surface area contributed by atoms with Crippen molar-refractivity contribution in [2.24, 2.45) is 0 Å². The number of hydrogen-bond acceptors (Lipinski definition) is 8. The SMILES string of the molecule is Nc1ccccc1NC(=O)CCCCCCC(=O)NCc1cccc(-c2ccc(C3OC(CN4CCN(Cc5ccccc5)CC4)CC(c4ccc(CO)cc4)O3)cc2)c1. The lowest BCUT2D eigenvalue weighted by Crippen LogP contribution is -2.49. The van der Waals surface area contributed by atoms with Gasteiger partial charge in [-0.05, 0) is 64.4 Å². The lowest BCUT2D eigenvalue weighted by molar-refractivity contribution is -0.253. The van der Waals surface area contributed by atoms with Gasteiger partial charge in [0.2, 0.25) is 11.8 Å². The molecule has 5 N–H and O–H groups in total. The predicted octanol–water partition coefficient (Wildman–Crippen LogP) is 8.39. The van der Waals surface area contributed by atoms with Crippen LogP contribution in [0.2, 0.25) is 0 Å². The summed E-state index contributed by atoms with van der Waals surface area (Å²) in [6.45, 7) is 6.35. The number of nitrogen functional groups attached to an aromatic ring is 1. The number of carbonyl (C=O) groups excluding carboxylic acids is 2. The minimum atomic E-state index is -0.514. The van der Waals surface area contributed by atoms with Crippen LogP contribution in [-0.4, -0.2) is 65.5 Å². The Kier molecular flexibility index (Phi) is 15.5. The minimum Gasteiger partial charge on any atom is -0.397 e. The highest BCUT2D eigenvalue weighted by atomic mass is 16.7. The highest BCUT2D eigenvalue weighted by molar-refractivity contribution is 5.93. The molecular formula is C50H59N5O5. The van der Waals surface area contributed by atoms with Crippen molar-refractivity contribution in [1.82, 2.24) is 15.1 Å². The zero-order valence-electron chi connectivity index (χ0n) is 34.5. The van der Waals surface area contributed by atoms with E-state index in [4.69, 9.17) is 15.2 Å². The first-order valence-electron chi connectivity index (χ1n) is 21.5. The van der Waals surface area contributed by atoms with E-state index in [-0.39, 0.29) is 30.6 Å². The van der Waals surface area contributed by atoms with Crippen molar-refractivity contribution in [2.75, 3.05) is 43.8 Å². The summed E-state index contributed by atoms with van der Waals surface area (Å²) in [4.78, 5) is 30.0. The summed E-state index contributed by atoms with van der Waals surface area (Å²) < 4.78 is 13.4. The standard InChI is InChI=1S/C50H59N5O5/c51-45-15-8-9-16-46(45)53-49(58)18-7-2-1-6-17-48(57)52-33-39-13-10-14-43(31-39)40-23-25-42(26-24-40)50-59-44(32-47(60-50)41-21-19-38(36-56)20-22-41)35-55-29-27-54(28-30-55)34-37-11-4-3-5-12-37/h3-5,8-16,19-26,31,44,47,50,56H,1-2,6-7,17-18,27-30,32-36,51H2,(H,52,57)(H,53,58). The molecule has 10 nitrogen and oxygen atoms in total. The van der Waals surface area contributed by atoms with Crippen LogP contribution in [0.15, 0.2) is 127 Å². The van der Waals surface area contributed by atoms with Gasteiger partial charge in [-0.3, -0.25) is 19.4 Å². The number of anilines is 2. The van der Waals surface area contributed by atoms with Gasteiger partial charge in [0.05, 0.1) is 30.2 Å². The summed E-state index contributed by atoms with van der Waals surface area (Å²) in [5.41, 5.74) is 14.6. The van der Waals surface area contributed by atoms with Crippen LogP contribution >= 0.6 is 0 Å². The molecule has 2 saturated heterocycles. The smallest absolute Gasteiger partial charge is 0.224 e. The maximum absolute atomic E-state index is 12.7. The van der Waals surface area contributed by atoms with Crippen molar-refractivity contribution in [2.45, 2.75) is 83.1 Å². The number of benzene rings is 5. The van der Waals surface area contributed by atoms with E-state index in [9.17, 15) is 14.7 Å². The van der Waals surface area contributed by atoms with E-state index in [2.05, 4.69) is 99.3 Å². The third kappa shape index (κ3) is 12.6. The number of nitrogens with one attached hydrogen (secondary N) is 2. The second-order valence-corrected chi connectivity index (χ2v) is 16.1. The van der Waals surface area contributed by atoms with Crippen LogP contribution in [0.1, 0.15) is 85.2 Å². The van der Waals surface area contributed by atoms with Gasteiger partial charge in [-0.1, -0.05) is 122 Å². The van der Waals surface area contributed by atoms with Crippen LogP contribution in [0.3, 0.4) is 0 Å². The summed E-state index contributed by atoms with van der Waals surface area (Å²) in [6, 6.07) is 42.7. The molecule has 5 aromatic rings. The molecule has 7 rings (SSSR count). The molecule has 0 saturated carbocycles. The van der Waals surface area contributed by atoms with E-state index >= 15 is 0 Å². The molecule has 3 unspecified atom stereocenters. The fraction of sp³-hybridized carbons (Fsp3) is 0.360. The molecule has 0 radical (unpaired) electrons. The monoisotopic (exact) mass is 809 g/mol. The number of nitrogens with zero attached hydrogens (tertiary/aromatic N) is 2. The third-order valence-corrected chi connectivity index (χ3v) is 11.5. The Labute approximate surface area is 354 Å². The highest BCUT2D eigenvalue weighted by Crippen LogP contribution is 2.39. The van der Waals surface area contributed by atoms with Crippen LogP contribution < -0.4 is 16.4 Å². The minimum absolute atomic E-state index is 0.00224. The Bertz CT molecular complexity index is 2100. The quantitative estimate of drug-likeness (QED) is 0.0514. The average molecular weight is 810 g/mol. The van der Waals surface area contributed by atoms with Crippen LogP contribution in [0.4, 0.5) is 11.4 Å². The summed E-state index contributed by atoms with van der Waals surface area (Å²) in [5.74, 6) is -0.0169. The van der Waals surface area contributed by atoms with E-state index in [1.54, 1.807) is 12.1 Å². The van der Waals surface area contributed by atoms with Gasteiger partial charge in [0.15, 0.2) is 6.29 Å². The number of hydrogen-bond donors (Lipinski definition) is 4. The van der Waals surface area contributed by atoms with Crippen molar-refractivity contribution < 1.29 is 24.2 Å². The lowest BCUT2D eigenvalue weighted by Gasteiger charge is -2.40. The fourth-order valence-corrected chi connectivity index (χ4v) is 8.02. The number of piperazine rings is 1. The zero-order chi connectivity index (χ0) is 41.5. The Balaban J connectivity index is 0.885. The van der Waals surface area contributed by atoms with Crippen LogP contribution in [0.25, 0.3) is 11.1 Å². The Morgan fingerprint density at radius 2 is 1.32 bits per heavy atom. The van der Waals surface area contributed by atoms with Gasteiger partial charge in [0, 0.05) is 70.6 Å². The molecule has 3 atom stereocenters. The molecule has 5 aromatic carbocycles. The van der Waals surface area contributed by atoms with Crippen molar-refractivity contribution in [1.29, 1.82) is 0 Å². The van der Waals surface area contributed by atoms with Gasteiger partial charge < -0.3 is 30.9 Å². The number of rotatable bonds is 18. The Hall–Kier alpha value is -5.36. The number of ether oxygens (including phenoxy) is 2. The Morgan fingerprint density at radius 1 is 0.650 bits per heavy atom. The maximum atomic E-state index is 12.7. The molecule has 0 aromatic heterocycles. The zero-order valence-corrected chi connectivity index (χ0v) is 34.5. The summed E-state index contributed by atoms with van der Waals surface area (Å²) in [5, 5.41) is 15.6. The van der Waals surface area contributed by atoms with E-state index in [1.165, 1.54) is 5.56 Å². The van der Waals surface area contributed by atoms with E-state index in [0.717, 1.165) is 105 Å². The molecule has 0 bridgehead atoms. The van der Waals surface area contributed by atoms with Gasteiger partial charge in [0.25, 0.3) is 0 Å². The van der Waals surface area contributed by atoms with E-state index in [0.29, 0.717) is 30.8 Å². The number of carbonyl (C=O) groups is 2. The lowest BCUT2D eigenvalue weighted by atomic mass is 9.98. The summed E-state index contributed by atoms with van der Waals surface area (Å²) >= 11 is 0. The van der Waals surface area contributed by atoms with Crippen molar-refractivity contribution in [3.05, 3.63) is 155 Å². The van der Waals surface area contributed by atoms with Gasteiger partial charge in [0.1, 0.15) is 0 Å². The molecule has 60 heavy (non-hydrogen) atoms. The number of para-hydroxylation sites is 2. The summed E-state index contributed by atoms with van der Waals surface area (Å²) in [7, 11) is 0. The first-order valence-corrected chi connectivity index (χ1v) is 21.5. The fourth-order valence-electron chi connectivity index (χ4n) is 8.02. The van der Waals surface area contributed by atoms with E-state index in [1.807, 2.05) is 36.4 Å². The largest absolute Gasteiger partial charge is 0.397 e. The van der Waals surface area contributed by atoms with Crippen molar-refractivity contribution in [3.8, 4) is 11.1 Å². The molecule has 314 valence electrons. The van der Waals surface area contributed by atoms with Crippen LogP contribution in [-0.2, 0) is 38.8 Å². The van der Waals surface area contributed by atoms with Crippen LogP contribution in [0, 0.1) is 0 Å². The third-order valence-electron chi connectivity index (χ3n) is 11.5. The number of amides is 2. The molecule has 0 aliphatic carbocycles. The van der Waals surface area contributed by atoms with Gasteiger partial charge in [-0.15, -0.1) is 0 Å². The maximum Gasteiger partial charge on any atom is 0.224 e. The first-order chi connectivity index (χ1) is 29.4. The normalized spacial score (nSPS) is 18.5. The van der Waals surface area contributed by atoms with Gasteiger partial charge in [-0.25, -0.2) is 0 Å². The molecule has 2 fully saturated rings. The number of unbranched alkanes of at least 4 members (excludes halogenated alkanes) is 3. The molecule has 10 heteroatoms. The molecule has 2 heterocycles. The molecule has 2 aliphatic heterocycles. The van der Waals surface area contributed by atoms with Gasteiger partial charge in [-0.2, -0.15) is 0 Å².